The van der Waals surface area contributed by atoms with Crippen molar-refractivity contribution in [2.24, 2.45) is 17.8 Å². The van der Waals surface area contributed by atoms with E-state index in [-0.39, 0.29) is 35.1 Å². The number of hydrogen-bond acceptors (Lipinski definition) is 6. The molecule has 38 heavy (non-hydrogen) atoms. The molecule has 5 atom stereocenters. The van der Waals surface area contributed by atoms with Crippen LogP contribution in [0.25, 0.3) is 0 Å². The molecule has 0 saturated carbocycles. The number of amides is 3. The lowest BCUT2D eigenvalue weighted by atomic mass is 9.98. The summed E-state index contributed by atoms with van der Waals surface area (Å²) < 4.78 is 5.76. The van der Waals surface area contributed by atoms with Gasteiger partial charge in [-0.15, -0.1) is 0 Å². The monoisotopic (exact) mass is 538 g/mol. The summed E-state index contributed by atoms with van der Waals surface area (Å²) >= 11 is 0. The van der Waals surface area contributed by atoms with Crippen molar-refractivity contribution in [3.05, 3.63) is 12.2 Å². The molecule has 0 unspecified atom stereocenters. The summed E-state index contributed by atoms with van der Waals surface area (Å²) in [6, 6.07) is -1.71. The van der Waals surface area contributed by atoms with Crippen molar-refractivity contribution in [2.45, 2.75) is 118 Å². The molecule has 0 aromatic carbocycles. The third-order valence-electron chi connectivity index (χ3n) is 5.96. The van der Waals surface area contributed by atoms with E-state index in [1.165, 1.54) is 6.08 Å². The van der Waals surface area contributed by atoms with Crippen molar-refractivity contribution in [3.8, 4) is 0 Å². The fraction of sp³-hybridized carbons (Fsp3) is 0.793. The van der Waals surface area contributed by atoms with Gasteiger partial charge in [0.2, 0.25) is 11.8 Å². The average Bonchev–Trinajstić information content (AvgIpc) is 2.74. The van der Waals surface area contributed by atoms with Gasteiger partial charge >= 0.3 is 5.97 Å². The second-order valence-electron chi connectivity index (χ2n) is 12.4. The molecule has 0 saturated heterocycles. The normalized spacial score (nSPS) is 16.2. The van der Waals surface area contributed by atoms with Gasteiger partial charge in [0.1, 0.15) is 12.1 Å². The molecule has 0 aliphatic heterocycles. The van der Waals surface area contributed by atoms with Crippen LogP contribution in [0.5, 0.6) is 0 Å². The van der Waals surface area contributed by atoms with Crippen molar-refractivity contribution in [2.75, 3.05) is 14.1 Å². The number of nitrogens with one attached hydrogen (secondary N) is 3. The van der Waals surface area contributed by atoms with Gasteiger partial charge in [0.15, 0.2) is 6.10 Å². The first-order valence-corrected chi connectivity index (χ1v) is 13.9. The summed E-state index contributed by atoms with van der Waals surface area (Å²) in [4.78, 5) is 53.4. The van der Waals surface area contributed by atoms with Crippen LogP contribution in [0.1, 0.15) is 88.5 Å². The molecule has 220 valence electrons. The van der Waals surface area contributed by atoms with E-state index in [4.69, 9.17) is 4.74 Å². The van der Waals surface area contributed by atoms with Crippen LogP contribution in [0.15, 0.2) is 12.2 Å². The maximum atomic E-state index is 13.3. The minimum Gasteiger partial charge on any atom is -0.451 e. The lowest BCUT2D eigenvalue weighted by molar-refractivity contribution is -0.163. The van der Waals surface area contributed by atoms with Gasteiger partial charge in [-0.05, 0) is 72.4 Å². The number of nitrogens with zero attached hydrogens (tertiary/aromatic N) is 1. The molecule has 3 amide bonds. The molecule has 0 aliphatic rings. The third-order valence-corrected chi connectivity index (χ3v) is 5.96. The van der Waals surface area contributed by atoms with Gasteiger partial charge in [-0.25, -0.2) is 0 Å². The number of carbonyl (C=O) groups excluding carboxylic acids is 4. The number of carbonyl (C=O) groups is 4. The Bertz CT molecular complexity index is 801. The van der Waals surface area contributed by atoms with E-state index in [2.05, 4.69) is 16.0 Å². The largest absolute Gasteiger partial charge is 0.451 e. The Morgan fingerprint density at radius 1 is 0.868 bits per heavy atom. The van der Waals surface area contributed by atoms with Gasteiger partial charge in [-0.3, -0.25) is 24.1 Å². The highest BCUT2D eigenvalue weighted by Crippen LogP contribution is 2.18. The molecule has 0 rings (SSSR count). The van der Waals surface area contributed by atoms with Crippen molar-refractivity contribution in [1.82, 2.24) is 20.9 Å². The zero-order valence-corrected chi connectivity index (χ0v) is 25.8. The first-order chi connectivity index (χ1) is 17.4. The van der Waals surface area contributed by atoms with E-state index in [9.17, 15) is 19.2 Å². The van der Waals surface area contributed by atoms with E-state index < -0.39 is 36.1 Å². The van der Waals surface area contributed by atoms with Gasteiger partial charge in [-0.1, -0.05) is 54.0 Å². The Balaban J connectivity index is 5.58. The molecule has 3 N–H and O–H groups in total. The standard InChI is InChI=1S/C29H54N4O5/c1-13-20(6)25(33(11)12)28(37)38-23(17-19(4)5)27(36)31-22(16-18(2)3)26(35)30-21(7)14-15-24(34)32-29(8,9)10/h14-15,18-23,25H,13,16-17H2,1-12H3,(H,30,35)(H,31,36)(H,32,34)/b15-14+/t20-,21-,22-,23-,25-/m0/s1. The van der Waals surface area contributed by atoms with E-state index in [1.54, 1.807) is 13.0 Å². The molecule has 0 aliphatic carbocycles. The quantitative estimate of drug-likeness (QED) is 0.217. The number of esters is 1. The lowest BCUT2D eigenvalue weighted by Gasteiger charge is -2.30. The van der Waals surface area contributed by atoms with E-state index in [1.807, 2.05) is 81.3 Å². The molecule has 9 nitrogen and oxygen atoms in total. The van der Waals surface area contributed by atoms with Gasteiger partial charge in [0.25, 0.3) is 5.91 Å². The molecule has 0 heterocycles. The van der Waals surface area contributed by atoms with E-state index in [0.29, 0.717) is 12.8 Å². The lowest BCUT2D eigenvalue weighted by Crippen LogP contribution is -2.53. The predicted octanol–water partition coefficient (Wildman–Crippen LogP) is 3.43. The number of ether oxygens (including phenoxy) is 1. The molecular weight excluding hydrogens is 484 g/mol. The van der Waals surface area contributed by atoms with Crippen LogP contribution >= 0.6 is 0 Å². The average molecular weight is 539 g/mol. The molecule has 9 heteroatoms. The summed E-state index contributed by atoms with van der Waals surface area (Å²) in [7, 11) is 3.64. The van der Waals surface area contributed by atoms with Crippen molar-refractivity contribution >= 4 is 23.7 Å². The number of hydrogen-bond donors (Lipinski definition) is 3. The van der Waals surface area contributed by atoms with Gasteiger partial charge < -0.3 is 20.7 Å². The van der Waals surface area contributed by atoms with Crippen LogP contribution in [0.4, 0.5) is 0 Å². The van der Waals surface area contributed by atoms with Crippen LogP contribution in [-0.4, -0.2) is 72.5 Å². The molecule has 0 bridgehead atoms. The smallest absolute Gasteiger partial charge is 0.324 e. The van der Waals surface area contributed by atoms with Crippen molar-refractivity contribution in [3.63, 3.8) is 0 Å². The van der Waals surface area contributed by atoms with Crippen molar-refractivity contribution in [1.29, 1.82) is 0 Å². The Labute approximate surface area is 230 Å². The summed E-state index contributed by atoms with van der Waals surface area (Å²) in [5.41, 5.74) is -0.363. The second kappa shape index (κ2) is 16.5. The minimum absolute atomic E-state index is 0.0553. The highest BCUT2D eigenvalue weighted by Gasteiger charge is 2.34. The Morgan fingerprint density at radius 3 is 1.87 bits per heavy atom. The number of rotatable bonds is 15. The SMILES string of the molecule is CC[C@H](C)[C@@H](C(=O)O[C@@H](CC(C)C)C(=O)N[C@@H](CC(C)C)C(=O)N[C@@H](C)/C=C/C(=O)NC(C)(C)C)N(C)C. The zero-order valence-electron chi connectivity index (χ0n) is 25.8. The highest BCUT2D eigenvalue weighted by atomic mass is 16.5. The highest BCUT2D eigenvalue weighted by molar-refractivity contribution is 5.91. The molecule has 0 aromatic heterocycles. The van der Waals surface area contributed by atoms with E-state index >= 15 is 0 Å². The fourth-order valence-electron chi connectivity index (χ4n) is 4.01. The van der Waals surface area contributed by atoms with Gasteiger partial charge in [0, 0.05) is 17.7 Å². The summed E-state index contributed by atoms with van der Waals surface area (Å²) in [5, 5.41) is 8.51. The summed E-state index contributed by atoms with van der Waals surface area (Å²) in [6.07, 6.45) is 3.54. The molecule has 0 radical (unpaired) electrons. The van der Waals surface area contributed by atoms with Crippen LogP contribution in [0.2, 0.25) is 0 Å². The number of likely N-dealkylation sites (N-methyl/N-ethyl adjacent to an activating group) is 1. The second-order valence-corrected chi connectivity index (χ2v) is 12.4. The maximum Gasteiger partial charge on any atom is 0.324 e. The van der Waals surface area contributed by atoms with Crippen molar-refractivity contribution < 1.29 is 23.9 Å². The predicted molar refractivity (Wildman–Crippen MR) is 152 cm³/mol. The Kier molecular flexibility index (Phi) is 15.5. The molecular formula is C29H54N4O5. The minimum atomic E-state index is -1.00. The topological polar surface area (TPSA) is 117 Å². The van der Waals surface area contributed by atoms with Crippen LogP contribution < -0.4 is 16.0 Å². The first kappa shape index (κ1) is 35.6. The Hall–Kier alpha value is -2.42. The molecule has 0 spiro atoms. The fourth-order valence-corrected chi connectivity index (χ4v) is 4.01. The summed E-state index contributed by atoms with van der Waals surface area (Å²) in [6.45, 7) is 19.2. The van der Waals surface area contributed by atoms with Gasteiger partial charge in [-0.2, -0.15) is 0 Å². The third kappa shape index (κ3) is 14.5. The maximum absolute atomic E-state index is 13.3. The van der Waals surface area contributed by atoms with Crippen LogP contribution in [0.3, 0.4) is 0 Å². The Morgan fingerprint density at radius 2 is 1.42 bits per heavy atom. The van der Waals surface area contributed by atoms with E-state index in [0.717, 1.165) is 6.42 Å². The zero-order chi connectivity index (χ0) is 29.8. The van der Waals surface area contributed by atoms with Crippen LogP contribution in [-0.2, 0) is 23.9 Å². The molecule has 0 aromatic rings. The van der Waals surface area contributed by atoms with Gasteiger partial charge in [0.05, 0.1) is 0 Å². The molecule has 0 fully saturated rings. The van der Waals surface area contributed by atoms with Crippen LogP contribution in [0, 0.1) is 17.8 Å². The summed E-state index contributed by atoms with van der Waals surface area (Å²) in [5.74, 6) is -1.26. The first-order valence-electron chi connectivity index (χ1n) is 13.9.